The topological polar surface area (TPSA) is 41.9 Å². The third kappa shape index (κ3) is 3.16. The summed E-state index contributed by atoms with van der Waals surface area (Å²) in [5, 5.41) is 7.04. The molecular weight excluding hydrogens is 336 g/mol. The molecule has 0 saturated carbocycles. The first-order valence-electron chi connectivity index (χ1n) is 9.37. The number of aryl methyl sites for hydroxylation is 1. The highest BCUT2D eigenvalue weighted by molar-refractivity contribution is 6.06. The van der Waals surface area contributed by atoms with Gasteiger partial charge >= 0.3 is 0 Å². The second kappa shape index (κ2) is 7.03. The van der Waals surface area contributed by atoms with E-state index in [1.54, 1.807) is 20.1 Å². The Hall–Kier alpha value is -2.88. The van der Waals surface area contributed by atoms with Gasteiger partial charge in [-0.05, 0) is 56.0 Å². The van der Waals surface area contributed by atoms with E-state index in [4.69, 9.17) is 9.84 Å². The summed E-state index contributed by atoms with van der Waals surface area (Å²) in [4.78, 5) is 11.7. The number of methoxy groups -OCH3 is 1. The van der Waals surface area contributed by atoms with Gasteiger partial charge in [0.05, 0.1) is 18.9 Å². The lowest BCUT2D eigenvalue weighted by molar-refractivity contribution is -0.112. The number of ether oxygens (including phenoxy) is 1. The predicted octanol–water partition coefficient (Wildman–Crippen LogP) is 4.51. The van der Waals surface area contributed by atoms with Crippen molar-refractivity contribution in [2.75, 3.05) is 7.11 Å². The van der Waals surface area contributed by atoms with E-state index in [0.717, 1.165) is 30.0 Å². The first-order chi connectivity index (χ1) is 13.1. The van der Waals surface area contributed by atoms with Crippen molar-refractivity contribution in [3.63, 3.8) is 0 Å². The lowest BCUT2D eigenvalue weighted by Crippen LogP contribution is -2.28. The summed E-state index contributed by atoms with van der Waals surface area (Å²) in [6.45, 7) is 3.55. The van der Waals surface area contributed by atoms with Crippen molar-refractivity contribution in [2.24, 2.45) is 11.0 Å². The van der Waals surface area contributed by atoms with Crippen LogP contribution in [0.15, 0.2) is 65.4 Å². The molecule has 1 heterocycles. The molecule has 0 spiro atoms. The number of nitrogens with zero attached hydrogens (tertiary/aromatic N) is 2. The molecule has 0 N–H and O–H groups in total. The van der Waals surface area contributed by atoms with E-state index in [-0.39, 0.29) is 11.8 Å². The van der Waals surface area contributed by atoms with Crippen LogP contribution in [0.1, 0.15) is 43.0 Å². The summed E-state index contributed by atoms with van der Waals surface area (Å²) in [5.74, 6) is 1.23. The molecule has 0 bridgehead atoms. The van der Waals surface area contributed by atoms with Crippen LogP contribution in [-0.4, -0.2) is 23.6 Å². The zero-order valence-corrected chi connectivity index (χ0v) is 16.0. The van der Waals surface area contributed by atoms with Gasteiger partial charge in [-0.25, -0.2) is 0 Å². The Morgan fingerprint density at radius 2 is 1.96 bits per heavy atom. The first kappa shape index (κ1) is 17.5. The van der Waals surface area contributed by atoms with E-state index in [1.165, 1.54) is 16.7 Å². The maximum absolute atomic E-state index is 11.7. The van der Waals surface area contributed by atoms with E-state index in [9.17, 15) is 4.79 Å². The van der Waals surface area contributed by atoms with Crippen LogP contribution in [0.3, 0.4) is 0 Å². The lowest BCUT2D eigenvalue weighted by atomic mass is 9.77. The van der Waals surface area contributed by atoms with Gasteiger partial charge in [0.1, 0.15) is 5.75 Å². The fourth-order valence-corrected chi connectivity index (χ4v) is 4.27. The van der Waals surface area contributed by atoms with Gasteiger partial charge in [-0.15, -0.1) is 0 Å². The van der Waals surface area contributed by atoms with Gasteiger partial charge in [-0.2, -0.15) is 5.10 Å². The van der Waals surface area contributed by atoms with Crippen molar-refractivity contribution in [2.45, 2.75) is 32.7 Å². The molecule has 2 aliphatic rings. The van der Waals surface area contributed by atoms with E-state index in [0.29, 0.717) is 5.92 Å². The molecule has 4 heteroatoms. The molecule has 2 aromatic rings. The average Bonchev–Trinajstić information content (AvgIpc) is 3.07. The molecule has 1 aliphatic carbocycles. The number of hydrogen-bond donors (Lipinski definition) is 0. The lowest BCUT2D eigenvalue weighted by Gasteiger charge is -2.31. The summed E-state index contributed by atoms with van der Waals surface area (Å²) in [6, 6.07) is 16.8. The third-order valence-corrected chi connectivity index (χ3v) is 5.44. The smallest absolute Gasteiger partial charge is 0.154 e. The molecule has 0 unspecified atom stereocenters. The SMILES string of the molecule is COc1ccc2c(c1)CC[C@@H]1C2=NN(/C(C)=C/C(C)=O)[C@@H]1c1ccccc1. The van der Waals surface area contributed by atoms with E-state index >= 15 is 0 Å². The highest BCUT2D eigenvalue weighted by atomic mass is 16.5. The van der Waals surface area contributed by atoms with Crippen LogP contribution in [-0.2, 0) is 11.2 Å². The number of rotatable bonds is 4. The van der Waals surface area contributed by atoms with Crippen LogP contribution in [0.4, 0.5) is 0 Å². The van der Waals surface area contributed by atoms with Crippen molar-refractivity contribution in [3.8, 4) is 5.75 Å². The highest BCUT2D eigenvalue weighted by Gasteiger charge is 2.42. The van der Waals surface area contributed by atoms with Gasteiger partial charge < -0.3 is 4.74 Å². The Morgan fingerprint density at radius 3 is 2.67 bits per heavy atom. The highest BCUT2D eigenvalue weighted by Crippen LogP contribution is 2.45. The molecular formula is C23H24N2O2. The Balaban J connectivity index is 1.81. The van der Waals surface area contributed by atoms with Gasteiger partial charge in [0.2, 0.25) is 0 Å². The van der Waals surface area contributed by atoms with E-state index < -0.39 is 0 Å². The van der Waals surface area contributed by atoms with E-state index in [2.05, 4.69) is 36.4 Å². The largest absolute Gasteiger partial charge is 0.497 e. The molecule has 27 heavy (non-hydrogen) atoms. The molecule has 4 rings (SSSR count). The van der Waals surface area contributed by atoms with E-state index in [1.807, 2.05) is 24.1 Å². The summed E-state index contributed by atoms with van der Waals surface area (Å²) in [6.07, 6.45) is 3.71. The monoisotopic (exact) mass is 360 g/mol. The van der Waals surface area contributed by atoms with Crippen LogP contribution in [0.25, 0.3) is 0 Å². The molecule has 2 atom stereocenters. The van der Waals surface area contributed by atoms with Crippen LogP contribution in [0.2, 0.25) is 0 Å². The number of ketones is 1. The number of carbonyl (C=O) groups excluding carboxylic acids is 1. The van der Waals surface area contributed by atoms with Crippen molar-refractivity contribution in [1.29, 1.82) is 0 Å². The fourth-order valence-electron chi connectivity index (χ4n) is 4.27. The summed E-state index contributed by atoms with van der Waals surface area (Å²) in [7, 11) is 1.70. The predicted molar refractivity (Wildman–Crippen MR) is 107 cm³/mol. The number of carbonyl (C=O) groups is 1. The minimum Gasteiger partial charge on any atom is -0.497 e. The van der Waals surface area contributed by atoms with Crippen LogP contribution in [0.5, 0.6) is 5.75 Å². The summed E-state index contributed by atoms with van der Waals surface area (Å²) < 4.78 is 5.39. The molecule has 0 fully saturated rings. The van der Waals surface area contributed by atoms with Crippen molar-refractivity contribution < 1.29 is 9.53 Å². The van der Waals surface area contributed by atoms with Gasteiger partial charge in [0.25, 0.3) is 0 Å². The molecule has 4 nitrogen and oxygen atoms in total. The Morgan fingerprint density at radius 1 is 1.19 bits per heavy atom. The molecule has 0 amide bonds. The fraction of sp³-hybridized carbons (Fsp3) is 0.304. The zero-order chi connectivity index (χ0) is 19.0. The van der Waals surface area contributed by atoms with Crippen molar-refractivity contribution in [1.82, 2.24) is 5.01 Å². The third-order valence-electron chi connectivity index (χ3n) is 5.44. The second-order valence-corrected chi connectivity index (χ2v) is 7.25. The minimum absolute atomic E-state index is 0.0412. The Bertz CT molecular complexity index is 931. The van der Waals surface area contributed by atoms with Crippen LogP contribution in [0, 0.1) is 5.92 Å². The second-order valence-electron chi connectivity index (χ2n) is 7.25. The maximum Gasteiger partial charge on any atom is 0.154 e. The number of fused-ring (bicyclic) bond motifs is 3. The van der Waals surface area contributed by atoms with Gasteiger partial charge in [-0.3, -0.25) is 9.80 Å². The number of benzene rings is 2. The first-order valence-corrected chi connectivity index (χ1v) is 9.37. The number of hydrogen-bond acceptors (Lipinski definition) is 4. The number of allylic oxidation sites excluding steroid dienone is 2. The van der Waals surface area contributed by atoms with Crippen molar-refractivity contribution >= 4 is 11.5 Å². The normalized spacial score (nSPS) is 21.4. The van der Waals surface area contributed by atoms with Gasteiger partial charge in [0, 0.05) is 23.3 Å². The average molecular weight is 360 g/mol. The van der Waals surface area contributed by atoms with Crippen molar-refractivity contribution in [3.05, 3.63) is 77.0 Å². The summed E-state index contributed by atoms with van der Waals surface area (Å²) in [5.41, 5.74) is 5.71. The quantitative estimate of drug-likeness (QED) is 0.753. The maximum atomic E-state index is 11.7. The van der Waals surface area contributed by atoms with Gasteiger partial charge in [-0.1, -0.05) is 30.3 Å². The zero-order valence-electron chi connectivity index (χ0n) is 16.0. The molecule has 138 valence electrons. The molecule has 0 aromatic heterocycles. The Kier molecular flexibility index (Phi) is 4.56. The van der Waals surface area contributed by atoms with Gasteiger partial charge in [0.15, 0.2) is 5.78 Å². The molecule has 1 aliphatic heterocycles. The summed E-state index contributed by atoms with van der Waals surface area (Å²) >= 11 is 0. The molecule has 0 radical (unpaired) electrons. The van der Waals surface area contributed by atoms with Crippen LogP contribution < -0.4 is 4.74 Å². The molecule has 2 aromatic carbocycles. The minimum atomic E-state index is 0.0412. The number of hydrazone groups is 1. The Labute approximate surface area is 160 Å². The molecule has 0 saturated heterocycles. The van der Waals surface area contributed by atoms with Crippen LogP contribution >= 0.6 is 0 Å². The standard InChI is InChI=1S/C23H24N2O2/c1-15(13-16(2)26)25-23(17-7-5-4-6-8-17)21-11-9-18-14-19(27-3)10-12-20(18)22(21)24-25/h4-8,10,12-14,21,23H,9,11H2,1-3H3/b15-13+/t21-,23-/m1/s1.